The maximum Gasteiger partial charge on any atom is 0.271 e. The van der Waals surface area contributed by atoms with Gasteiger partial charge >= 0.3 is 0 Å². The lowest BCUT2D eigenvalue weighted by molar-refractivity contribution is -0.134. The third kappa shape index (κ3) is 5.90. The predicted octanol–water partition coefficient (Wildman–Crippen LogP) is 3.08. The van der Waals surface area contributed by atoms with Gasteiger partial charge in [-0.15, -0.1) is 0 Å². The highest BCUT2D eigenvalue weighted by Crippen LogP contribution is 2.43. The molecule has 3 amide bonds. The number of Topliss-reactive ketones (excluding diaryl/α,β-unsaturated/α-hetero) is 1. The Kier molecular flexibility index (Phi) is 8.25. The van der Waals surface area contributed by atoms with Crippen LogP contribution in [0.25, 0.3) is 10.9 Å². The maximum absolute atomic E-state index is 14.0. The van der Waals surface area contributed by atoms with Gasteiger partial charge in [-0.3, -0.25) is 19.2 Å². The van der Waals surface area contributed by atoms with E-state index in [9.17, 15) is 24.4 Å². The minimum atomic E-state index is -0.916. The molecule has 3 aliphatic rings. The molecule has 0 spiro atoms. The minimum Gasteiger partial charge on any atom is -0.369 e. The van der Waals surface area contributed by atoms with Crippen LogP contribution in [0, 0.1) is 29.1 Å². The molecule has 1 saturated carbocycles. The molecule has 3 N–H and O–H groups in total. The standard InChI is InChI=1S/C33H35N5O5/c34-16-22-8-5-11-26-25(22)15-28(36-26)33(42)38-17-23-9-4-10-24(23)30(38)32(41)37-27(14-21-12-13-35-31(21)40)29(39)19-43-18-20-6-2-1-3-7-20/h1-3,5-8,11,15,21,23-24,27,30,36H,4,9-10,12-14,17-19H2,(H,35,40)(H,37,41)/t21-,23-,24-,27?,30-/m0/s1. The van der Waals surface area contributed by atoms with E-state index < -0.39 is 12.1 Å². The summed E-state index contributed by atoms with van der Waals surface area (Å²) in [4.78, 5) is 58.5. The van der Waals surface area contributed by atoms with E-state index >= 15 is 0 Å². The van der Waals surface area contributed by atoms with E-state index in [4.69, 9.17) is 4.74 Å². The molecule has 2 saturated heterocycles. The van der Waals surface area contributed by atoms with Gasteiger partial charge in [-0.05, 0) is 61.3 Å². The van der Waals surface area contributed by atoms with Crippen LogP contribution >= 0.6 is 0 Å². The predicted molar refractivity (Wildman–Crippen MR) is 157 cm³/mol. The van der Waals surface area contributed by atoms with Crippen molar-refractivity contribution in [1.82, 2.24) is 20.5 Å². The van der Waals surface area contributed by atoms with Gasteiger partial charge in [-0.1, -0.05) is 42.8 Å². The van der Waals surface area contributed by atoms with Gasteiger partial charge in [-0.25, -0.2) is 0 Å². The van der Waals surface area contributed by atoms with Crippen LogP contribution in [0.15, 0.2) is 54.6 Å². The van der Waals surface area contributed by atoms with E-state index in [1.54, 1.807) is 23.1 Å². The summed E-state index contributed by atoms with van der Waals surface area (Å²) in [6.45, 7) is 1.04. The smallest absolute Gasteiger partial charge is 0.271 e. The minimum absolute atomic E-state index is 0.0112. The van der Waals surface area contributed by atoms with Gasteiger partial charge in [-0.2, -0.15) is 5.26 Å². The second-order valence-corrected chi connectivity index (χ2v) is 11.8. The van der Waals surface area contributed by atoms with Crippen molar-refractivity contribution in [2.24, 2.45) is 17.8 Å². The molecule has 1 aliphatic carbocycles. The summed E-state index contributed by atoms with van der Waals surface area (Å²) in [7, 11) is 0. The van der Waals surface area contributed by atoms with Crippen LogP contribution in [0.1, 0.15) is 53.7 Å². The van der Waals surface area contributed by atoms with E-state index in [1.165, 1.54) is 0 Å². The fourth-order valence-electron chi connectivity index (χ4n) is 7.00. The van der Waals surface area contributed by atoms with E-state index in [-0.39, 0.29) is 60.9 Å². The molecule has 1 aromatic heterocycles. The number of H-pyrrole nitrogens is 1. The summed E-state index contributed by atoms with van der Waals surface area (Å²) in [5, 5.41) is 15.9. The van der Waals surface area contributed by atoms with Gasteiger partial charge in [0.2, 0.25) is 11.8 Å². The lowest BCUT2D eigenvalue weighted by Crippen LogP contribution is -2.53. The first-order chi connectivity index (χ1) is 20.9. The number of likely N-dealkylation sites (tertiary alicyclic amines) is 1. The van der Waals surface area contributed by atoms with Crippen LogP contribution in [-0.2, 0) is 25.7 Å². The number of nitrogens with zero attached hydrogens (tertiary/aromatic N) is 2. The topological polar surface area (TPSA) is 144 Å². The average Bonchev–Trinajstić information content (AvgIpc) is 3.81. The van der Waals surface area contributed by atoms with Crippen LogP contribution in [0.5, 0.6) is 0 Å². The number of carbonyl (C=O) groups excluding carboxylic acids is 4. The van der Waals surface area contributed by atoms with E-state index in [1.807, 2.05) is 36.4 Å². The molecule has 10 nitrogen and oxygen atoms in total. The molecule has 222 valence electrons. The molecule has 3 fully saturated rings. The number of amides is 3. The molecular formula is C33H35N5O5. The second-order valence-electron chi connectivity index (χ2n) is 11.8. The molecule has 43 heavy (non-hydrogen) atoms. The van der Waals surface area contributed by atoms with Crippen molar-refractivity contribution in [3.8, 4) is 6.07 Å². The Balaban J connectivity index is 1.21. The largest absolute Gasteiger partial charge is 0.369 e. The van der Waals surface area contributed by atoms with Gasteiger partial charge < -0.3 is 25.3 Å². The van der Waals surface area contributed by atoms with Crippen molar-refractivity contribution in [2.75, 3.05) is 19.7 Å². The summed E-state index contributed by atoms with van der Waals surface area (Å²) in [6, 6.07) is 17.0. The quantitative estimate of drug-likeness (QED) is 0.336. The Morgan fingerprint density at radius 3 is 2.70 bits per heavy atom. The van der Waals surface area contributed by atoms with Crippen molar-refractivity contribution in [1.29, 1.82) is 5.26 Å². The number of nitriles is 1. The molecule has 6 rings (SSSR count). The van der Waals surface area contributed by atoms with E-state index in [0.29, 0.717) is 41.7 Å². The summed E-state index contributed by atoms with van der Waals surface area (Å²) in [5.74, 6) is -1.31. The summed E-state index contributed by atoms with van der Waals surface area (Å²) >= 11 is 0. The fraction of sp³-hybridized carbons (Fsp3) is 0.424. The number of ketones is 1. The molecule has 2 aliphatic heterocycles. The number of hydrogen-bond donors (Lipinski definition) is 3. The molecule has 0 radical (unpaired) electrons. The van der Waals surface area contributed by atoms with Crippen LogP contribution < -0.4 is 10.6 Å². The van der Waals surface area contributed by atoms with Gasteiger partial charge in [0, 0.05) is 29.9 Å². The van der Waals surface area contributed by atoms with Crippen LogP contribution in [0.2, 0.25) is 0 Å². The number of aromatic amines is 1. The monoisotopic (exact) mass is 581 g/mol. The van der Waals surface area contributed by atoms with Crippen molar-refractivity contribution in [2.45, 2.75) is 50.8 Å². The molecule has 3 heterocycles. The number of nitrogens with one attached hydrogen (secondary N) is 3. The Morgan fingerprint density at radius 1 is 1.09 bits per heavy atom. The third-order valence-electron chi connectivity index (χ3n) is 9.18. The lowest BCUT2D eigenvalue weighted by Gasteiger charge is -2.29. The van der Waals surface area contributed by atoms with Gasteiger partial charge in [0.25, 0.3) is 5.91 Å². The number of hydrogen-bond acceptors (Lipinski definition) is 6. The Morgan fingerprint density at radius 2 is 1.93 bits per heavy atom. The summed E-state index contributed by atoms with van der Waals surface area (Å²) in [5.41, 5.74) is 2.39. The Labute approximate surface area is 249 Å². The van der Waals surface area contributed by atoms with Crippen molar-refractivity contribution in [3.63, 3.8) is 0 Å². The zero-order chi connectivity index (χ0) is 29.9. The highest BCUT2D eigenvalue weighted by atomic mass is 16.5. The molecule has 2 aromatic carbocycles. The highest BCUT2D eigenvalue weighted by Gasteiger charge is 2.50. The second kappa shape index (κ2) is 12.4. The first-order valence-electron chi connectivity index (χ1n) is 15.0. The number of ether oxygens (including phenoxy) is 1. The van der Waals surface area contributed by atoms with Gasteiger partial charge in [0.15, 0.2) is 5.78 Å². The lowest BCUT2D eigenvalue weighted by atomic mass is 9.92. The Bertz CT molecular complexity index is 1580. The number of aromatic nitrogens is 1. The maximum atomic E-state index is 14.0. The zero-order valence-electron chi connectivity index (χ0n) is 23.9. The number of rotatable bonds is 10. The van der Waals surface area contributed by atoms with E-state index in [0.717, 1.165) is 24.8 Å². The summed E-state index contributed by atoms with van der Waals surface area (Å²) < 4.78 is 5.70. The molecule has 0 bridgehead atoms. The molecular weight excluding hydrogens is 546 g/mol. The van der Waals surface area contributed by atoms with E-state index in [2.05, 4.69) is 21.7 Å². The molecule has 5 atom stereocenters. The summed E-state index contributed by atoms with van der Waals surface area (Å²) in [6.07, 6.45) is 3.51. The highest BCUT2D eigenvalue weighted by molar-refractivity contribution is 6.02. The zero-order valence-corrected chi connectivity index (χ0v) is 23.9. The molecule has 10 heteroatoms. The first kappa shape index (κ1) is 28.6. The third-order valence-corrected chi connectivity index (χ3v) is 9.18. The van der Waals surface area contributed by atoms with Crippen molar-refractivity contribution in [3.05, 3.63) is 71.4 Å². The average molecular weight is 582 g/mol. The number of benzene rings is 2. The van der Waals surface area contributed by atoms with Gasteiger partial charge in [0.1, 0.15) is 18.3 Å². The Hall–Kier alpha value is -4.49. The number of fused-ring (bicyclic) bond motifs is 2. The van der Waals surface area contributed by atoms with Crippen LogP contribution in [0.3, 0.4) is 0 Å². The van der Waals surface area contributed by atoms with Crippen LogP contribution in [-0.4, -0.2) is 65.2 Å². The number of carbonyl (C=O) groups is 4. The molecule has 1 unspecified atom stereocenters. The molecule has 3 aromatic rings. The normalized spacial score (nSPS) is 23.5. The van der Waals surface area contributed by atoms with Gasteiger partial charge in [0.05, 0.1) is 24.3 Å². The van der Waals surface area contributed by atoms with Crippen molar-refractivity contribution < 1.29 is 23.9 Å². The first-order valence-corrected chi connectivity index (χ1v) is 15.0. The van der Waals surface area contributed by atoms with Crippen LogP contribution in [0.4, 0.5) is 0 Å². The van der Waals surface area contributed by atoms with Crippen molar-refractivity contribution >= 4 is 34.4 Å². The SMILES string of the molecule is N#Cc1cccc2[nH]c(C(=O)N3C[C@@H]4CCC[C@@H]4[C@H]3C(=O)NC(C[C@@H]3CCNC3=O)C(=O)COCc3ccccc3)cc12. The fourth-order valence-corrected chi connectivity index (χ4v) is 7.00.